The Morgan fingerprint density at radius 3 is 1.59 bits per heavy atom. The maximum atomic E-state index is 12.4. The molecular formula is C47H83N9O14. The molecule has 0 radical (unpaired) electrons. The van der Waals surface area contributed by atoms with E-state index in [2.05, 4.69) is 37.0 Å². The second-order valence-electron chi connectivity index (χ2n) is 16.5. The Morgan fingerprint density at radius 1 is 0.700 bits per heavy atom. The number of hydrogen-bond donors (Lipinski definition) is 2. The standard InChI is InChI=1S/C47H83N9O14/c1-4-5-6-42-52-44-45(47(70-39(2)3)54-53-46(44)48)56(42)38-41-9-7-40(8-10-41)37-50-43(57)11-13-58-15-17-60-19-21-62-23-25-64-27-29-66-31-33-68-35-36-69-34-32-67-30-28-65-26-24-63-22-20-61-18-16-59-14-12-51-55-49/h11,13,39-41H,4-10,12,14-38H2,1-3H3,(H2,48,53)(H,50,57). The van der Waals surface area contributed by atoms with Gasteiger partial charge in [0, 0.05) is 37.0 Å². The van der Waals surface area contributed by atoms with Crippen molar-refractivity contribution >= 4 is 22.8 Å². The van der Waals surface area contributed by atoms with E-state index in [1.807, 2.05) is 13.8 Å². The van der Waals surface area contributed by atoms with Gasteiger partial charge in [0.1, 0.15) is 23.5 Å². The molecule has 23 heteroatoms. The molecule has 1 aliphatic carbocycles. The summed E-state index contributed by atoms with van der Waals surface area (Å²) in [5.41, 5.74) is 15.9. The van der Waals surface area contributed by atoms with Crippen molar-refractivity contribution in [1.29, 1.82) is 0 Å². The van der Waals surface area contributed by atoms with Crippen LogP contribution < -0.4 is 15.8 Å². The highest BCUT2D eigenvalue weighted by molar-refractivity contribution is 5.88. The van der Waals surface area contributed by atoms with Gasteiger partial charge in [0.2, 0.25) is 5.91 Å². The van der Waals surface area contributed by atoms with E-state index >= 15 is 0 Å². The van der Waals surface area contributed by atoms with Gasteiger partial charge in [0.05, 0.1) is 158 Å². The number of imidazole rings is 1. The third-order valence-electron chi connectivity index (χ3n) is 10.6. The Labute approximate surface area is 413 Å². The lowest BCUT2D eigenvalue weighted by atomic mass is 9.82. The zero-order chi connectivity index (χ0) is 50.0. The molecule has 0 aromatic carbocycles. The number of aryl methyl sites for hydroxylation is 1. The van der Waals surface area contributed by atoms with Crippen molar-refractivity contribution in [3.63, 3.8) is 0 Å². The molecule has 0 bridgehead atoms. The molecule has 1 aliphatic rings. The fourth-order valence-electron chi connectivity index (χ4n) is 7.03. The molecule has 1 saturated carbocycles. The number of anilines is 1. The Hall–Kier alpha value is -3.97. The normalized spacial score (nSPS) is 15.0. The van der Waals surface area contributed by atoms with E-state index in [9.17, 15) is 4.79 Å². The molecule has 3 rings (SSSR count). The maximum Gasteiger partial charge on any atom is 0.260 e. The van der Waals surface area contributed by atoms with E-state index < -0.39 is 0 Å². The number of nitrogen functional groups attached to an aromatic ring is 1. The Morgan fingerprint density at radius 2 is 1.14 bits per heavy atom. The molecule has 0 spiro atoms. The number of aromatic nitrogens is 4. The Balaban J connectivity index is 1.01. The van der Waals surface area contributed by atoms with Crippen LogP contribution >= 0.6 is 0 Å². The van der Waals surface area contributed by atoms with Crippen molar-refractivity contribution in [2.75, 3.05) is 171 Å². The van der Waals surface area contributed by atoms with Gasteiger partial charge in [0.15, 0.2) is 5.82 Å². The fraction of sp³-hybridized carbons (Fsp3) is 0.830. The third-order valence-corrected chi connectivity index (χ3v) is 10.6. The minimum atomic E-state index is -0.170. The number of rotatable bonds is 47. The van der Waals surface area contributed by atoms with Gasteiger partial charge in [-0.05, 0) is 63.3 Å². The summed E-state index contributed by atoms with van der Waals surface area (Å²) in [5, 5.41) is 14.8. The molecule has 0 unspecified atom stereocenters. The van der Waals surface area contributed by atoms with Crippen molar-refractivity contribution in [3.05, 3.63) is 28.6 Å². The van der Waals surface area contributed by atoms with Crippen LogP contribution in [0.15, 0.2) is 17.5 Å². The van der Waals surface area contributed by atoms with Crippen LogP contribution in [0.1, 0.15) is 65.1 Å². The number of fused-ring (bicyclic) bond motifs is 1. The van der Waals surface area contributed by atoms with Gasteiger partial charge in [-0.1, -0.05) is 18.5 Å². The highest BCUT2D eigenvalue weighted by atomic mass is 16.6. The predicted molar refractivity (Wildman–Crippen MR) is 261 cm³/mol. The number of ether oxygens (including phenoxy) is 13. The molecule has 0 atom stereocenters. The van der Waals surface area contributed by atoms with Gasteiger partial charge in [-0.15, -0.1) is 10.2 Å². The SMILES string of the molecule is CCCCc1nc2c(N)nnc(OC(C)C)c2n1CC1CCC(CNC(=O)C=COCCOCCOCCOCCOCCOCCOCCOCCOCCOCCOCCOCCN=[N+]=[N-])CC1. The highest BCUT2D eigenvalue weighted by Gasteiger charge is 2.26. The molecule has 400 valence electrons. The Bertz CT molecular complexity index is 1680. The molecule has 2 heterocycles. The third kappa shape index (κ3) is 29.4. The van der Waals surface area contributed by atoms with Gasteiger partial charge in [-0.25, -0.2) is 4.98 Å². The summed E-state index contributed by atoms with van der Waals surface area (Å²) in [7, 11) is 0. The van der Waals surface area contributed by atoms with Crippen LogP contribution in [0.4, 0.5) is 5.82 Å². The summed E-state index contributed by atoms with van der Waals surface area (Å²) < 4.78 is 73.9. The first-order chi connectivity index (χ1) is 34.4. The average Bonchev–Trinajstić information content (AvgIpc) is 3.73. The zero-order valence-electron chi connectivity index (χ0n) is 42.1. The van der Waals surface area contributed by atoms with Gasteiger partial charge in [-0.3, -0.25) is 4.79 Å². The largest absolute Gasteiger partial charge is 0.499 e. The number of hydrogen-bond acceptors (Lipinski definition) is 19. The minimum absolute atomic E-state index is 0.0480. The monoisotopic (exact) mass is 998 g/mol. The molecule has 0 saturated heterocycles. The van der Waals surface area contributed by atoms with Gasteiger partial charge in [-0.2, -0.15) is 0 Å². The van der Waals surface area contributed by atoms with E-state index in [0.29, 0.717) is 194 Å². The van der Waals surface area contributed by atoms with Crippen LogP contribution in [-0.4, -0.2) is 197 Å². The number of nitrogens with zero attached hydrogens (tertiary/aromatic N) is 7. The summed E-state index contributed by atoms with van der Waals surface area (Å²) in [4.78, 5) is 20.0. The van der Waals surface area contributed by atoms with Crippen molar-refractivity contribution in [2.45, 2.75) is 78.4 Å². The zero-order valence-corrected chi connectivity index (χ0v) is 42.1. The second kappa shape index (κ2) is 41.6. The molecule has 2 aromatic rings. The summed E-state index contributed by atoms with van der Waals surface area (Å²) in [6.45, 7) is 18.4. The molecule has 3 N–H and O–H groups in total. The molecule has 70 heavy (non-hydrogen) atoms. The summed E-state index contributed by atoms with van der Waals surface area (Å²) in [5.74, 6) is 2.55. The fourth-order valence-corrected chi connectivity index (χ4v) is 7.03. The number of azide groups is 1. The quantitative estimate of drug-likeness (QED) is 0.0231. The second-order valence-corrected chi connectivity index (χ2v) is 16.5. The average molecular weight is 998 g/mol. The predicted octanol–water partition coefficient (Wildman–Crippen LogP) is 4.48. The Kier molecular flexibility index (Phi) is 35.9. The van der Waals surface area contributed by atoms with Crippen molar-refractivity contribution in [1.82, 2.24) is 25.1 Å². The molecule has 1 fully saturated rings. The van der Waals surface area contributed by atoms with Crippen LogP contribution in [0.2, 0.25) is 0 Å². The molecule has 0 aliphatic heterocycles. The van der Waals surface area contributed by atoms with E-state index in [-0.39, 0.29) is 12.0 Å². The number of unbranched alkanes of at least 4 members (excludes halogenated alkanes) is 1. The number of carbonyl (C=O) groups excluding carboxylic acids is 1. The molecule has 1 amide bonds. The summed E-state index contributed by atoms with van der Waals surface area (Å²) >= 11 is 0. The lowest BCUT2D eigenvalue weighted by Crippen LogP contribution is -2.31. The van der Waals surface area contributed by atoms with Crippen LogP contribution in [-0.2, 0) is 74.6 Å². The smallest absolute Gasteiger partial charge is 0.260 e. The van der Waals surface area contributed by atoms with Gasteiger partial charge < -0.3 is 77.2 Å². The maximum absolute atomic E-state index is 12.4. The van der Waals surface area contributed by atoms with Crippen LogP contribution in [0.25, 0.3) is 21.5 Å². The van der Waals surface area contributed by atoms with Crippen molar-refractivity contribution < 1.29 is 66.4 Å². The molecular weight excluding hydrogens is 915 g/mol. The van der Waals surface area contributed by atoms with Gasteiger partial charge in [0.25, 0.3) is 5.88 Å². The van der Waals surface area contributed by atoms with E-state index in [0.717, 1.165) is 62.8 Å². The number of nitrogens with one attached hydrogen (secondary N) is 1. The number of amides is 1. The van der Waals surface area contributed by atoms with Gasteiger partial charge >= 0.3 is 0 Å². The van der Waals surface area contributed by atoms with E-state index in [1.165, 1.54) is 12.3 Å². The molecule has 2 aromatic heterocycles. The van der Waals surface area contributed by atoms with Crippen molar-refractivity contribution in [2.24, 2.45) is 17.0 Å². The molecule has 23 nitrogen and oxygen atoms in total. The topological polar surface area (TPSA) is 267 Å². The van der Waals surface area contributed by atoms with Crippen LogP contribution in [0, 0.1) is 11.8 Å². The van der Waals surface area contributed by atoms with Crippen LogP contribution in [0.3, 0.4) is 0 Å². The summed E-state index contributed by atoms with van der Waals surface area (Å²) in [6, 6.07) is 0. The first-order valence-corrected chi connectivity index (χ1v) is 25.0. The van der Waals surface area contributed by atoms with Crippen molar-refractivity contribution in [3.8, 4) is 5.88 Å². The lowest BCUT2D eigenvalue weighted by molar-refractivity contribution is -0.116. The van der Waals surface area contributed by atoms with Crippen LogP contribution in [0.5, 0.6) is 5.88 Å². The summed E-state index contributed by atoms with van der Waals surface area (Å²) in [6.07, 6.45) is 9.95. The minimum Gasteiger partial charge on any atom is -0.499 e. The number of carbonyl (C=O) groups is 1. The first kappa shape index (κ1) is 60.3. The number of nitrogens with two attached hydrogens (primary N) is 1. The first-order valence-electron chi connectivity index (χ1n) is 25.0. The highest BCUT2D eigenvalue weighted by Crippen LogP contribution is 2.34. The van der Waals surface area contributed by atoms with E-state index in [1.54, 1.807) is 0 Å². The lowest BCUT2D eigenvalue weighted by Gasteiger charge is -2.29. The van der Waals surface area contributed by atoms with E-state index in [4.69, 9.17) is 77.8 Å².